The lowest BCUT2D eigenvalue weighted by molar-refractivity contribution is -0.137. The van der Waals surface area contributed by atoms with E-state index in [0.29, 0.717) is 6.07 Å². The van der Waals surface area contributed by atoms with E-state index in [1.807, 2.05) is 0 Å². The van der Waals surface area contributed by atoms with Crippen LogP contribution in [0.15, 0.2) is 22.1 Å². The Morgan fingerprint density at radius 3 is 2.21 bits per heavy atom. The van der Waals surface area contributed by atoms with E-state index >= 15 is 0 Å². The molecule has 0 aromatic heterocycles. The Labute approximate surface area is 109 Å². The molecule has 0 amide bonds. The maximum Gasteiger partial charge on any atom is 0.418 e. The first kappa shape index (κ1) is 15.0. The van der Waals surface area contributed by atoms with Gasteiger partial charge in [-0.15, -0.1) is 0 Å². The third-order valence-corrected chi connectivity index (χ3v) is 2.20. The second-order valence-electron chi connectivity index (χ2n) is 3.29. The summed E-state index contributed by atoms with van der Waals surface area (Å²) >= 11 is 5.49. The molecule has 0 atom stereocenters. The van der Waals surface area contributed by atoms with Crippen molar-refractivity contribution in [3.05, 3.63) is 28.5 Å². The largest absolute Gasteiger partial charge is 0.418 e. The summed E-state index contributed by atoms with van der Waals surface area (Å²) < 4.78 is 50.8. The van der Waals surface area contributed by atoms with Gasteiger partial charge < -0.3 is 17.2 Å². The molecule has 1 aromatic rings. The van der Waals surface area contributed by atoms with Crippen LogP contribution in [0.5, 0.6) is 0 Å². The highest BCUT2D eigenvalue weighted by atomic mass is 35.5. The molecule has 0 bridgehead atoms. The Morgan fingerprint density at radius 1 is 1.16 bits per heavy atom. The smallest absolute Gasteiger partial charge is 0.370 e. The lowest BCUT2D eigenvalue weighted by atomic mass is 10.2. The van der Waals surface area contributed by atoms with Gasteiger partial charge >= 0.3 is 6.18 Å². The Hall–Kier alpha value is -2.03. The van der Waals surface area contributed by atoms with Gasteiger partial charge in [0.15, 0.2) is 5.96 Å². The third-order valence-electron chi connectivity index (χ3n) is 1.80. The standard InChI is InChI=1S/C9H8ClF4N5/c10-6-4(9(12,13)14)1-3(11)2-5(6)18-8(17)19-7(15)16/h1-2H,(H6,15,16,17,18,19). The van der Waals surface area contributed by atoms with Crippen LogP contribution in [0.4, 0.5) is 23.2 Å². The average molecular weight is 298 g/mol. The normalized spacial score (nSPS) is 12.4. The van der Waals surface area contributed by atoms with Gasteiger partial charge in [-0.25, -0.2) is 9.38 Å². The van der Waals surface area contributed by atoms with E-state index in [9.17, 15) is 17.6 Å². The van der Waals surface area contributed by atoms with Gasteiger partial charge in [0.05, 0.1) is 16.3 Å². The van der Waals surface area contributed by atoms with Crippen molar-refractivity contribution in [1.82, 2.24) is 0 Å². The fourth-order valence-corrected chi connectivity index (χ4v) is 1.40. The molecule has 10 heteroatoms. The van der Waals surface area contributed by atoms with Crippen molar-refractivity contribution in [3.8, 4) is 0 Å². The van der Waals surface area contributed by atoms with Crippen LogP contribution < -0.4 is 17.2 Å². The molecule has 0 radical (unpaired) electrons. The number of nitrogens with zero attached hydrogens (tertiary/aromatic N) is 2. The van der Waals surface area contributed by atoms with Crippen LogP contribution in [-0.4, -0.2) is 11.9 Å². The number of guanidine groups is 2. The van der Waals surface area contributed by atoms with Crippen molar-refractivity contribution in [2.24, 2.45) is 27.2 Å². The molecular weight excluding hydrogens is 290 g/mol. The zero-order chi connectivity index (χ0) is 14.8. The van der Waals surface area contributed by atoms with Crippen molar-refractivity contribution in [1.29, 1.82) is 0 Å². The Balaban J connectivity index is 3.38. The highest BCUT2D eigenvalue weighted by Crippen LogP contribution is 2.40. The number of benzene rings is 1. The number of alkyl halides is 3. The summed E-state index contributed by atoms with van der Waals surface area (Å²) in [6.45, 7) is 0. The third kappa shape index (κ3) is 3.98. The number of rotatable bonds is 1. The van der Waals surface area contributed by atoms with E-state index in [1.54, 1.807) is 0 Å². The van der Waals surface area contributed by atoms with Crippen LogP contribution in [0.3, 0.4) is 0 Å². The number of halogens is 5. The molecule has 0 aliphatic carbocycles. The van der Waals surface area contributed by atoms with Gasteiger partial charge in [-0.3, -0.25) is 0 Å². The second kappa shape index (κ2) is 5.31. The lowest BCUT2D eigenvalue weighted by Gasteiger charge is -2.10. The molecule has 0 aliphatic rings. The van der Waals surface area contributed by atoms with Gasteiger partial charge in [0, 0.05) is 6.07 Å². The number of hydrogen-bond acceptors (Lipinski definition) is 1. The van der Waals surface area contributed by atoms with Crippen molar-refractivity contribution in [2.75, 3.05) is 0 Å². The van der Waals surface area contributed by atoms with Crippen LogP contribution in [0.25, 0.3) is 0 Å². The number of hydrogen-bond donors (Lipinski definition) is 3. The van der Waals surface area contributed by atoms with Gasteiger partial charge in [0.2, 0.25) is 5.96 Å². The van der Waals surface area contributed by atoms with Gasteiger partial charge in [-0.1, -0.05) is 11.6 Å². The minimum atomic E-state index is -4.83. The first-order chi connectivity index (χ1) is 8.61. The number of aliphatic imine (C=N–C) groups is 2. The van der Waals surface area contributed by atoms with Gasteiger partial charge in [0.1, 0.15) is 5.82 Å². The number of nitrogens with two attached hydrogens (primary N) is 3. The molecule has 1 aromatic carbocycles. The fourth-order valence-electron chi connectivity index (χ4n) is 1.14. The molecule has 1 rings (SSSR count). The SMILES string of the molecule is NC(N)=NC(N)=Nc1cc(F)cc(C(F)(F)F)c1Cl. The minimum absolute atomic E-state index is 0.248. The zero-order valence-corrected chi connectivity index (χ0v) is 9.93. The molecule has 0 saturated heterocycles. The first-order valence-electron chi connectivity index (χ1n) is 4.61. The predicted molar refractivity (Wildman–Crippen MR) is 63.5 cm³/mol. The van der Waals surface area contributed by atoms with Crippen LogP contribution in [0.1, 0.15) is 5.56 Å². The summed E-state index contributed by atoms with van der Waals surface area (Å²) in [4.78, 5) is 6.68. The van der Waals surface area contributed by atoms with Crippen LogP contribution in [0, 0.1) is 5.82 Å². The maximum atomic E-state index is 13.1. The van der Waals surface area contributed by atoms with Gasteiger partial charge in [-0.05, 0) is 6.07 Å². The van der Waals surface area contributed by atoms with E-state index in [-0.39, 0.29) is 6.07 Å². The summed E-state index contributed by atoms with van der Waals surface area (Å²) in [5, 5.41) is -0.803. The van der Waals surface area contributed by atoms with E-state index in [0.717, 1.165) is 0 Å². The quantitative estimate of drug-likeness (QED) is 0.418. The predicted octanol–water partition coefficient (Wildman–Crippen LogP) is 1.72. The van der Waals surface area contributed by atoms with Gasteiger partial charge in [-0.2, -0.15) is 18.2 Å². The lowest BCUT2D eigenvalue weighted by Crippen LogP contribution is -2.26. The average Bonchev–Trinajstić information content (AvgIpc) is 2.19. The maximum absolute atomic E-state index is 13.1. The van der Waals surface area contributed by atoms with Crippen molar-refractivity contribution >= 4 is 29.2 Å². The van der Waals surface area contributed by atoms with E-state index in [2.05, 4.69) is 9.98 Å². The molecule has 104 valence electrons. The Kier molecular flexibility index (Phi) is 4.20. The Morgan fingerprint density at radius 2 is 1.74 bits per heavy atom. The van der Waals surface area contributed by atoms with Crippen LogP contribution in [-0.2, 0) is 6.18 Å². The summed E-state index contributed by atoms with van der Waals surface area (Å²) in [7, 11) is 0. The van der Waals surface area contributed by atoms with Crippen LogP contribution >= 0.6 is 11.6 Å². The van der Waals surface area contributed by atoms with E-state index in [1.165, 1.54) is 0 Å². The first-order valence-corrected chi connectivity index (χ1v) is 4.99. The molecule has 0 spiro atoms. The topological polar surface area (TPSA) is 103 Å². The summed E-state index contributed by atoms with van der Waals surface area (Å²) in [5.74, 6) is -2.18. The monoisotopic (exact) mass is 297 g/mol. The molecule has 19 heavy (non-hydrogen) atoms. The van der Waals surface area contributed by atoms with Crippen molar-refractivity contribution < 1.29 is 17.6 Å². The fraction of sp³-hybridized carbons (Fsp3) is 0.111. The second-order valence-corrected chi connectivity index (χ2v) is 3.67. The molecule has 5 nitrogen and oxygen atoms in total. The molecule has 0 heterocycles. The minimum Gasteiger partial charge on any atom is -0.370 e. The molecule has 0 saturated carbocycles. The Bertz CT molecular complexity index is 548. The molecule has 0 fully saturated rings. The van der Waals surface area contributed by atoms with Crippen molar-refractivity contribution in [2.45, 2.75) is 6.18 Å². The molecule has 6 N–H and O–H groups in total. The molecule has 0 aliphatic heterocycles. The zero-order valence-electron chi connectivity index (χ0n) is 9.17. The molecule has 0 unspecified atom stereocenters. The summed E-state index contributed by atoms with van der Waals surface area (Å²) in [5.41, 5.74) is 13.3. The van der Waals surface area contributed by atoms with E-state index in [4.69, 9.17) is 28.8 Å². The van der Waals surface area contributed by atoms with Gasteiger partial charge in [0.25, 0.3) is 0 Å². The van der Waals surface area contributed by atoms with Crippen molar-refractivity contribution in [3.63, 3.8) is 0 Å². The van der Waals surface area contributed by atoms with E-state index < -0.39 is 40.2 Å². The highest BCUT2D eigenvalue weighted by molar-refractivity contribution is 6.34. The summed E-state index contributed by atoms with van der Waals surface area (Å²) in [6, 6.07) is 0.921. The molecular formula is C9H8ClF4N5. The summed E-state index contributed by atoms with van der Waals surface area (Å²) in [6.07, 6.45) is -4.83. The highest BCUT2D eigenvalue weighted by Gasteiger charge is 2.35. The van der Waals surface area contributed by atoms with Crippen LogP contribution in [0.2, 0.25) is 5.02 Å².